The Bertz CT molecular complexity index is 1280. The lowest BCUT2D eigenvalue weighted by atomic mass is 9.98. The Balaban J connectivity index is 1.73. The average molecular weight is 475 g/mol. The minimum atomic E-state index is -1.45. The molecule has 1 aliphatic rings. The maximum absolute atomic E-state index is 12.9. The number of carbonyl (C=O) groups excluding carboxylic acids is 1. The number of amides is 1. The summed E-state index contributed by atoms with van der Waals surface area (Å²) in [5.41, 5.74) is 1.13. The summed E-state index contributed by atoms with van der Waals surface area (Å²) >= 11 is 0. The smallest absolute Gasteiger partial charge is 0.411 e. The van der Waals surface area contributed by atoms with Crippen LogP contribution in [0, 0.1) is 0 Å². The van der Waals surface area contributed by atoms with Crippen molar-refractivity contribution < 1.29 is 24.2 Å². The van der Waals surface area contributed by atoms with Crippen molar-refractivity contribution in [1.29, 1.82) is 0 Å². The Kier molecular flexibility index (Phi) is 6.28. The molecule has 2 aromatic carbocycles. The second kappa shape index (κ2) is 9.06. The number of carboxylic acid groups (broad SMARTS) is 1. The van der Waals surface area contributed by atoms with Crippen LogP contribution < -0.4 is 4.74 Å². The number of ether oxygens (including phenoxy) is 2. The van der Waals surface area contributed by atoms with Crippen molar-refractivity contribution in [3.05, 3.63) is 66.7 Å². The van der Waals surface area contributed by atoms with Crippen LogP contribution in [-0.4, -0.2) is 50.8 Å². The van der Waals surface area contributed by atoms with Crippen LogP contribution in [0.4, 0.5) is 4.79 Å². The molecule has 0 aliphatic carbocycles. The van der Waals surface area contributed by atoms with Crippen molar-refractivity contribution in [1.82, 2.24) is 9.88 Å². The lowest BCUT2D eigenvalue weighted by Crippen LogP contribution is -2.52. The molecule has 7 heteroatoms. The highest BCUT2D eigenvalue weighted by molar-refractivity contribution is 5.90. The molecular weight excluding hydrogens is 444 g/mol. The average Bonchev–Trinajstić information content (AvgIpc) is 3.15. The topological polar surface area (TPSA) is 89.0 Å². The molecule has 0 bridgehead atoms. The van der Waals surface area contributed by atoms with Crippen molar-refractivity contribution in [2.24, 2.45) is 0 Å². The number of likely N-dealkylation sites (tertiary alicyclic amines) is 1. The van der Waals surface area contributed by atoms with Crippen molar-refractivity contribution in [2.75, 3.05) is 6.54 Å². The Morgan fingerprint density at radius 2 is 1.89 bits per heavy atom. The van der Waals surface area contributed by atoms with E-state index in [1.54, 1.807) is 26.8 Å². The lowest BCUT2D eigenvalue weighted by molar-refractivity contribution is -0.148. The molecule has 3 aromatic rings. The number of carboxylic acids is 1. The van der Waals surface area contributed by atoms with Crippen molar-refractivity contribution in [3.8, 4) is 17.0 Å². The molecule has 0 saturated carbocycles. The van der Waals surface area contributed by atoms with E-state index < -0.39 is 29.3 Å². The van der Waals surface area contributed by atoms with Gasteiger partial charge < -0.3 is 14.6 Å². The number of nitrogens with zero attached hydrogens (tertiary/aromatic N) is 2. The fourth-order valence-corrected chi connectivity index (χ4v) is 4.27. The van der Waals surface area contributed by atoms with E-state index in [2.05, 4.69) is 6.58 Å². The summed E-state index contributed by atoms with van der Waals surface area (Å²) < 4.78 is 11.9. The van der Waals surface area contributed by atoms with Crippen LogP contribution in [0.3, 0.4) is 0 Å². The summed E-state index contributed by atoms with van der Waals surface area (Å²) in [7, 11) is 0. The van der Waals surface area contributed by atoms with Crippen LogP contribution in [0.2, 0.25) is 0 Å². The summed E-state index contributed by atoms with van der Waals surface area (Å²) in [5, 5.41) is 10.8. The highest BCUT2D eigenvalue weighted by Gasteiger charge is 2.52. The number of rotatable bonds is 5. The first kappa shape index (κ1) is 24.3. The number of fused-ring (bicyclic) bond motifs is 1. The van der Waals surface area contributed by atoms with Gasteiger partial charge >= 0.3 is 12.1 Å². The predicted molar refractivity (Wildman–Crippen MR) is 135 cm³/mol. The predicted octanol–water partition coefficient (Wildman–Crippen LogP) is 5.78. The second-order valence-corrected chi connectivity index (χ2v) is 9.97. The zero-order valence-corrected chi connectivity index (χ0v) is 20.4. The molecule has 1 fully saturated rings. The van der Waals surface area contributed by atoms with E-state index in [1.165, 1.54) is 11.8 Å². The summed E-state index contributed by atoms with van der Waals surface area (Å²) in [5.74, 6) is -0.533. The van der Waals surface area contributed by atoms with E-state index in [4.69, 9.17) is 14.5 Å². The van der Waals surface area contributed by atoms with Gasteiger partial charge in [-0.2, -0.15) is 0 Å². The number of pyridine rings is 1. The molecule has 1 aliphatic heterocycles. The molecule has 1 aromatic heterocycles. The summed E-state index contributed by atoms with van der Waals surface area (Å²) in [6.07, 6.45) is 0.639. The van der Waals surface area contributed by atoms with Gasteiger partial charge in [0.25, 0.3) is 0 Å². The molecule has 35 heavy (non-hydrogen) atoms. The van der Waals surface area contributed by atoms with Crippen molar-refractivity contribution in [3.63, 3.8) is 0 Å². The van der Waals surface area contributed by atoms with E-state index in [9.17, 15) is 14.7 Å². The molecule has 0 radical (unpaired) electrons. The van der Waals surface area contributed by atoms with Crippen LogP contribution in [0.15, 0.2) is 61.2 Å². The van der Waals surface area contributed by atoms with Gasteiger partial charge in [-0.15, -0.1) is 0 Å². The Labute approximate surface area is 205 Å². The highest BCUT2D eigenvalue weighted by Crippen LogP contribution is 2.37. The number of carbonyl (C=O) groups is 2. The zero-order chi connectivity index (χ0) is 25.4. The fourth-order valence-electron chi connectivity index (χ4n) is 4.27. The number of aromatic nitrogens is 1. The second-order valence-electron chi connectivity index (χ2n) is 9.97. The summed E-state index contributed by atoms with van der Waals surface area (Å²) in [6, 6.07) is 17.4. The van der Waals surface area contributed by atoms with Gasteiger partial charge in [0.1, 0.15) is 23.0 Å². The van der Waals surface area contributed by atoms with Crippen LogP contribution in [0.1, 0.15) is 39.7 Å². The first-order chi connectivity index (χ1) is 16.5. The summed E-state index contributed by atoms with van der Waals surface area (Å²) in [4.78, 5) is 31.1. The standard InChI is InChI=1S/C28H30N2O5/c1-6-18-12-13-22-21(14-18)24(15-23(29-22)19-10-8-7-9-11-19)34-20-16-28(5,25(31)32)30(17-20)26(33)35-27(2,3)4/h6-15,20H,1,16-17H2,2-5H3,(H,31,32)/t20-,28+/m1/s1. The minimum Gasteiger partial charge on any atom is -0.488 e. The molecular formula is C28H30N2O5. The SMILES string of the molecule is C=Cc1ccc2nc(-c3ccccc3)cc(O[C@H]3CN(C(=O)OC(C)(C)C)[C@](C)(C(=O)O)C3)c2c1. The van der Waals surface area contributed by atoms with Crippen molar-refractivity contribution >= 4 is 29.0 Å². The zero-order valence-electron chi connectivity index (χ0n) is 20.4. The first-order valence-electron chi connectivity index (χ1n) is 11.5. The molecule has 2 heterocycles. The number of aliphatic carboxylic acids is 1. The third kappa shape index (κ3) is 4.99. The maximum atomic E-state index is 12.9. The van der Waals surface area contributed by atoms with Gasteiger partial charge in [-0.05, 0) is 45.4 Å². The number of hydrogen-bond donors (Lipinski definition) is 1. The van der Waals surface area contributed by atoms with Gasteiger partial charge in [-0.3, -0.25) is 4.90 Å². The molecule has 182 valence electrons. The van der Waals surface area contributed by atoms with Crippen LogP contribution in [-0.2, 0) is 9.53 Å². The van der Waals surface area contributed by atoms with Gasteiger partial charge in [0.15, 0.2) is 0 Å². The Morgan fingerprint density at radius 1 is 1.17 bits per heavy atom. The van der Waals surface area contributed by atoms with Gasteiger partial charge in [0.2, 0.25) is 0 Å². The normalized spacial score (nSPS) is 20.0. The molecule has 2 atom stereocenters. The highest BCUT2D eigenvalue weighted by atomic mass is 16.6. The maximum Gasteiger partial charge on any atom is 0.411 e. The number of hydrogen-bond acceptors (Lipinski definition) is 5. The van der Waals surface area contributed by atoms with E-state index >= 15 is 0 Å². The van der Waals surface area contributed by atoms with Crippen molar-refractivity contribution in [2.45, 2.75) is 51.4 Å². The summed E-state index contributed by atoms with van der Waals surface area (Å²) in [6.45, 7) is 10.7. The molecule has 7 nitrogen and oxygen atoms in total. The molecule has 4 rings (SSSR count). The van der Waals surface area contributed by atoms with Gasteiger partial charge in [-0.1, -0.05) is 49.1 Å². The van der Waals surface area contributed by atoms with E-state index in [-0.39, 0.29) is 13.0 Å². The van der Waals surface area contributed by atoms with E-state index in [1.807, 2.05) is 54.6 Å². The molecule has 0 spiro atoms. The monoisotopic (exact) mass is 474 g/mol. The third-order valence-corrected chi connectivity index (χ3v) is 6.08. The Morgan fingerprint density at radius 3 is 2.51 bits per heavy atom. The fraction of sp³-hybridized carbons (Fsp3) is 0.321. The quantitative estimate of drug-likeness (QED) is 0.505. The van der Waals surface area contributed by atoms with Gasteiger partial charge in [0, 0.05) is 23.4 Å². The van der Waals surface area contributed by atoms with Crippen LogP contribution in [0.5, 0.6) is 5.75 Å². The molecule has 1 N–H and O–H groups in total. The first-order valence-corrected chi connectivity index (χ1v) is 11.5. The molecule has 0 unspecified atom stereocenters. The van der Waals surface area contributed by atoms with E-state index in [0.717, 1.165) is 27.7 Å². The van der Waals surface area contributed by atoms with Crippen LogP contribution >= 0.6 is 0 Å². The van der Waals surface area contributed by atoms with Crippen LogP contribution in [0.25, 0.3) is 28.2 Å². The molecule has 1 saturated heterocycles. The number of benzene rings is 2. The van der Waals surface area contributed by atoms with E-state index in [0.29, 0.717) is 5.75 Å². The lowest BCUT2D eigenvalue weighted by Gasteiger charge is -2.32. The van der Waals surface area contributed by atoms with Gasteiger partial charge in [0.05, 0.1) is 17.8 Å². The van der Waals surface area contributed by atoms with Gasteiger partial charge in [-0.25, -0.2) is 14.6 Å². The third-order valence-electron chi connectivity index (χ3n) is 6.08. The Hall–Kier alpha value is -3.87. The minimum absolute atomic E-state index is 0.0867. The largest absolute Gasteiger partial charge is 0.488 e. The molecule has 1 amide bonds.